The van der Waals surface area contributed by atoms with Crippen molar-refractivity contribution in [2.24, 2.45) is 0 Å². The standard InChI is InChI=1S/C16H20N2O/c1-3-19-16-6-4-14(5-7-16)12-18-13(2)15-8-10-17-11-9-15/h4-11,13,18H,3,12H2,1-2H3. The second-order valence-electron chi connectivity index (χ2n) is 4.46. The molecule has 0 spiro atoms. The van der Waals surface area contributed by atoms with Gasteiger partial charge in [0.25, 0.3) is 0 Å². The van der Waals surface area contributed by atoms with Gasteiger partial charge < -0.3 is 10.1 Å². The fourth-order valence-electron chi connectivity index (χ4n) is 1.91. The summed E-state index contributed by atoms with van der Waals surface area (Å²) in [7, 11) is 0. The molecule has 0 saturated heterocycles. The molecule has 100 valence electrons. The van der Waals surface area contributed by atoms with Crippen molar-refractivity contribution >= 4 is 0 Å². The van der Waals surface area contributed by atoms with E-state index in [2.05, 4.69) is 29.4 Å². The molecule has 1 N–H and O–H groups in total. The molecule has 1 atom stereocenters. The van der Waals surface area contributed by atoms with Crippen LogP contribution in [0.15, 0.2) is 48.8 Å². The lowest BCUT2D eigenvalue weighted by atomic mass is 10.1. The molecular formula is C16H20N2O. The van der Waals surface area contributed by atoms with Crippen LogP contribution in [0.2, 0.25) is 0 Å². The SMILES string of the molecule is CCOc1ccc(CNC(C)c2ccncc2)cc1. The molecule has 1 unspecified atom stereocenters. The van der Waals surface area contributed by atoms with Gasteiger partial charge in [-0.2, -0.15) is 0 Å². The molecule has 0 amide bonds. The minimum atomic E-state index is 0.314. The van der Waals surface area contributed by atoms with Crippen LogP contribution in [0, 0.1) is 0 Å². The van der Waals surface area contributed by atoms with E-state index in [1.807, 2.05) is 43.6 Å². The van der Waals surface area contributed by atoms with Crippen molar-refractivity contribution in [1.82, 2.24) is 10.3 Å². The Balaban J connectivity index is 1.88. The number of pyridine rings is 1. The van der Waals surface area contributed by atoms with E-state index in [4.69, 9.17) is 4.74 Å². The zero-order valence-electron chi connectivity index (χ0n) is 11.5. The summed E-state index contributed by atoms with van der Waals surface area (Å²) < 4.78 is 5.43. The van der Waals surface area contributed by atoms with Crippen molar-refractivity contribution < 1.29 is 4.74 Å². The Labute approximate surface area is 114 Å². The van der Waals surface area contributed by atoms with E-state index in [1.54, 1.807) is 0 Å². The molecular weight excluding hydrogens is 236 g/mol. The van der Waals surface area contributed by atoms with E-state index in [0.29, 0.717) is 12.6 Å². The third-order valence-electron chi connectivity index (χ3n) is 3.05. The van der Waals surface area contributed by atoms with Crippen molar-refractivity contribution in [2.45, 2.75) is 26.4 Å². The third-order valence-corrected chi connectivity index (χ3v) is 3.05. The van der Waals surface area contributed by atoms with Gasteiger partial charge in [-0.1, -0.05) is 12.1 Å². The highest BCUT2D eigenvalue weighted by molar-refractivity contribution is 5.27. The molecule has 1 heterocycles. The lowest BCUT2D eigenvalue weighted by Crippen LogP contribution is -2.17. The maximum absolute atomic E-state index is 5.43. The van der Waals surface area contributed by atoms with Crippen molar-refractivity contribution in [2.75, 3.05) is 6.61 Å². The van der Waals surface area contributed by atoms with Gasteiger partial charge in [0.1, 0.15) is 5.75 Å². The highest BCUT2D eigenvalue weighted by atomic mass is 16.5. The molecule has 3 heteroatoms. The summed E-state index contributed by atoms with van der Waals surface area (Å²) in [4.78, 5) is 4.03. The lowest BCUT2D eigenvalue weighted by molar-refractivity contribution is 0.340. The summed E-state index contributed by atoms with van der Waals surface area (Å²) >= 11 is 0. The van der Waals surface area contributed by atoms with Crippen molar-refractivity contribution in [3.8, 4) is 5.75 Å². The first kappa shape index (κ1) is 13.6. The minimum Gasteiger partial charge on any atom is -0.494 e. The van der Waals surface area contributed by atoms with Crippen molar-refractivity contribution in [1.29, 1.82) is 0 Å². The van der Waals surface area contributed by atoms with Gasteiger partial charge in [0, 0.05) is 25.0 Å². The quantitative estimate of drug-likeness (QED) is 0.860. The third kappa shape index (κ3) is 4.07. The Bertz CT molecular complexity index is 482. The van der Waals surface area contributed by atoms with Crippen LogP contribution >= 0.6 is 0 Å². The Hall–Kier alpha value is -1.87. The zero-order valence-corrected chi connectivity index (χ0v) is 11.5. The van der Waals surface area contributed by atoms with Crippen molar-refractivity contribution in [3.63, 3.8) is 0 Å². The summed E-state index contributed by atoms with van der Waals surface area (Å²) in [6.07, 6.45) is 3.65. The molecule has 1 aromatic heterocycles. The Morgan fingerprint density at radius 2 is 1.79 bits per heavy atom. The predicted octanol–water partition coefficient (Wildman–Crippen LogP) is 3.33. The molecule has 1 aromatic carbocycles. The summed E-state index contributed by atoms with van der Waals surface area (Å²) in [6, 6.07) is 12.6. The Morgan fingerprint density at radius 1 is 1.11 bits per heavy atom. The molecule has 3 nitrogen and oxygen atoms in total. The van der Waals surface area contributed by atoms with Gasteiger partial charge in [0.15, 0.2) is 0 Å². The van der Waals surface area contributed by atoms with Crippen LogP contribution in [-0.2, 0) is 6.54 Å². The normalized spacial score (nSPS) is 12.1. The van der Waals surface area contributed by atoms with E-state index in [9.17, 15) is 0 Å². The number of ether oxygens (including phenoxy) is 1. The molecule has 0 aliphatic heterocycles. The predicted molar refractivity (Wildman–Crippen MR) is 77.1 cm³/mol. The van der Waals surface area contributed by atoms with Gasteiger partial charge in [-0.15, -0.1) is 0 Å². The van der Waals surface area contributed by atoms with E-state index in [-0.39, 0.29) is 0 Å². The van der Waals surface area contributed by atoms with E-state index in [1.165, 1.54) is 11.1 Å². The second kappa shape index (κ2) is 6.90. The molecule has 19 heavy (non-hydrogen) atoms. The van der Waals surface area contributed by atoms with Gasteiger partial charge in [0.2, 0.25) is 0 Å². The fraction of sp³-hybridized carbons (Fsp3) is 0.312. The number of hydrogen-bond acceptors (Lipinski definition) is 3. The topological polar surface area (TPSA) is 34.1 Å². The monoisotopic (exact) mass is 256 g/mol. The van der Waals surface area contributed by atoms with Gasteiger partial charge >= 0.3 is 0 Å². The van der Waals surface area contributed by atoms with Gasteiger partial charge in [-0.3, -0.25) is 4.98 Å². The smallest absolute Gasteiger partial charge is 0.119 e. The van der Waals surface area contributed by atoms with Crippen LogP contribution in [-0.4, -0.2) is 11.6 Å². The molecule has 2 aromatic rings. The van der Waals surface area contributed by atoms with E-state index < -0.39 is 0 Å². The average molecular weight is 256 g/mol. The molecule has 0 fully saturated rings. The lowest BCUT2D eigenvalue weighted by Gasteiger charge is -2.14. The molecule has 0 saturated carbocycles. The molecule has 0 aliphatic carbocycles. The highest BCUT2D eigenvalue weighted by Gasteiger charge is 2.04. The molecule has 0 aliphatic rings. The number of benzene rings is 1. The summed E-state index contributed by atoms with van der Waals surface area (Å²) in [5, 5.41) is 3.50. The first-order valence-corrected chi connectivity index (χ1v) is 6.64. The summed E-state index contributed by atoms with van der Waals surface area (Å²) in [6.45, 7) is 5.70. The number of rotatable bonds is 6. The number of nitrogens with one attached hydrogen (secondary N) is 1. The van der Waals surface area contributed by atoms with Crippen LogP contribution in [0.5, 0.6) is 5.75 Å². The molecule has 0 bridgehead atoms. The fourth-order valence-corrected chi connectivity index (χ4v) is 1.91. The minimum absolute atomic E-state index is 0.314. The zero-order chi connectivity index (χ0) is 13.5. The first-order valence-electron chi connectivity index (χ1n) is 6.64. The Morgan fingerprint density at radius 3 is 2.42 bits per heavy atom. The van der Waals surface area contributed by atoms with E-state index >= 15 is 0 Å². The highest BCUT2D eigenvalue weighted by Crippen LogP contribution is 2.14. The maximum Gasteiger partial charge on any atom is 0.119 e. The van der Waals surface area contributed by atoms with Crippen LogP contribution in [0.4, 0.5) is 0 Å². The largest absolute Gasteiger partial charge is 0.494 e. The second-order valence-corrected chi connectivity index (χ2v) is 4.46. The van der Waals surface area contributed by atoms with Gasteiger partial charge in [0.05, 0.1) is 6.61 Å². The van der Waals surface area contributed by atoms with Crippen LogP contribution < -0.4 is 10.1 Å². The van der Waals surface area contributed by atoms with Crippen LogP contribution in [0.1, 0.15) is 31.0 Å². The first-order chi connectivity index (χ1) is 9.29. The number of aromatic nitrogens is 1. The molecule has 0 radical (unpaired) electrons. The van der Waals surface area contributed by atoms with Crippen LogP contribution in [0.3, 0.4) is 0 Å². The van der Waals surface area contributed by atoms with Gasteiger partial charge in [-0.25, -0.2) is 0 Å². The maximum atomic E-state index is 5.43. The van der Waals surface area contributed by atoms with Crippen LogP contribution in [0.25, 0.3) is 0 Å². The summed E-state index contributed by atoms with van der Waals surface area (Å²) in [5.41, 5.74) is 2.50. The summed E-state index contributed by atoms with van der Waals surface area (Å²) in [5.74, 6) is 0.924. The number of nitrogens with zero attached hydrogens (tertiary/aromatic N) is 1. The van der Waals surface area contributed by atoms with E-state index in [0.717, 1.165) is 12.3 Å². The number of hydrogen-bond donors (Lipinski definition) is 1. The average Bonchev–Trinajstić information content (AvgIpc) is 2.47. The van der Waals surface area contributed by atoms with Crippen molar-refractivity contribution in [3.05, 3.63) is 59.9 Å². The van der Waals surface area contributed by atoms with Gasteiger partial charge in [-0.05, 0) is 49.2 Å². The Kier molecular flexibility index (Phi) is 4.93. The molecule has 2 rings (SSSR count).